The molecule has 5 nitrogen and oxygen atoms in total. The molecule has 3 aromatic rings. The van der Waals surface area contributed by atoms with E-state index in [0.717, 1.165) is 16.3 Å². The fourth-order valence-electron chi connectivity index (χ4n) is 2.63. The Morgan fingerprint density at radius 1 is 0.923 bits per heavy atom. The van der Waals surface area contributed by atoms with Gasteiger partial charge in [0, 0.05) is 18.7 Å². The molecule has 0 radical (unpaired) electrons. The van der Waals surface area contributed by atoms with Crippen LogP contribution in [0.1, 0.15) is 22.8 Å². The zero-order valence-electron chi connectivity index (χ0n) is 14.4. The lowest BCUT2D eigenvalue weighted by Crippen LogP contribution is -2.24. The number of carbonyl (C=O) groups is 1. The molecule has 0 aliphatic heterocycles. The predicted octanol–water partition coefficient (Wildman–Crippen LogP) is 3.07. The van der Waals surface area contributed by atoms with Gasteiger partial charge in [0.05, 0.1) is 4.90 Å². The molecule has 26 heavy (non-hydrogen) atoms. The van der Waals surface area contributed by atoms with Crippen molar-refractivity contribution in [2.45, 2.75) is 18.4 Å². The third-order valence-corrected chi connectivity index (χ3v) is 5.45. The maximum absolute atomic E-state index is 12.5. The number of sulfonamides is 1. The summed E-state index contributed by atoms with van der Waals surface area (Å²) in [6, 6.07) is 19.5. The lowest BCUT2D eigenvalue weighted by molar-refractivity contribution is 0.0956. The first kappa shape index (κ1) is 18.1. The van der Waals surface area contributed by atoms with Gasteiger partial charge in [0.25, 0.3) is 5.91 Å². The van der Waals surface area contributed by atoms with E-state index in [1.807, 2.05) is 31.2 Å². The first-order chi connectivity index (χ1) is 12.5. The zero-order chi connectivity index (χ0) is 18.6. The molecule has 3 rings (SSSR count). The Labute approximate surface area is 153 Å². The first-order valence-electron chi connectivity index (χ1n) is 8.35. The number of hydrogen-bond donors (Lipinski definition) is 2. The minimum Gasteiger partial charge on any atom is -0.352 e. The molecule has 0 spiro atoms. The summed E-state index contributed by atoms with van der Waals surface area (Å²) in [7, 11) is -3.61. The molecule has 6 heteroatoms. The fraction of sp³-hybridized carbons (Fsp3) is 0.150. The topological polar surface area (TPSA) is 75.3 Å². The molecule has 0 heterocycles. The summed E-state index contributed by atoms with van der Waals surface area (Å²) in [6.07, 6.45) is 0. The van der Waals surface area contributed by atoms with E-state index < -0.39 is 10.0 Å². The molecule has 0 fully saturated rings. The third kappa shape index (κ3) is 4.09. The van der Waals surface area contributed by atoms with Crippen LogP contribution in [0.15, 0.2) is 71.6 Å². The highest BCUT2D eigenvalue weighted by Gasteiger charge is 2.14. The second-order valence-electron chi connectivity index (χ2n) is 5.89. The standard InChI is InChI=1S/C20H20N2O3S/c1-2-21-20(23)17-9-7-15(8-10-17)14-22-26(24,25)19-12-11-16-5-3-4-6-18(16)13-19/h3-13,22H,2,14H2,1H3,(H,21,23). The molecule has 0 unspecified atom stereocenters. The molecular formula is C20H20N2O3S. The van der Waals surface area contributed by atoms with Gasteiger partial charge in [-0.1, -0.05) is 42.5 Å². The summed E-state index contributed by atoms with van der Waals surface area (Å²) in [4.78, 5) is 12.0. The summed E-state index contributed by atoms with van der Waals surface area (Å²) in [6.45, 7) is 2.57. The minimum atomic E-state index is -3.61. The van der Waals surface area contributed by atoms with Gasteiger partial charge in [-0.15, -0.1) is 0 Å². The third-order valence-electron chi connectivity index (χ3n) is 4.05. The average Bonchev–Trinajstić information content (AvgIpc) is 2.66. The van der Waals surface area contributed by atoms with Crippen LogP contribution in [0.25, 0.3) is 10.8 Å². The van der Waals surface area contributed by atoms with Crippen LogP contribution in [0.3, 0.4) is 0 Å². The molecule has 2 N–H and O–H groups in total. The Morgan fingerprint density at radius 3 is 2.31 bits per heavy atom. The molecule has 0 aliphatic carbocycles. The molecule has 0 saturated carbocycles. The molecule has 0 saturated heterocycles. The number of amides is 1. The van der Waals surface area contributed by atoms with Crippen molar-refractivity contribution in [3.63, 3.8) is 0 Å². The van der Waals surface area contributed by atoms with E-state index >= 15 is 0 Å². The number of hydrogen-bond acceptors (Lipinski definition) is 3. The average molecular weight is 368 g/mol. The van der Waals surface area contributed by atoms with E-state index in [-0.39, 0.29) is 17.3 Å². The van der Waals surface area contributed by atoms with E-state index in [1.54, 1.807) is 42.5 Å². The number of carbonyl (C=O) groups excluding carboxylic acids is 1. The van der Waals surface area contributed by atoms with Gasteiger partial charge in [-0.25, -0.2) is 13.1 Å². The van der Waals surface area contributed by atoms with E-state index in [4.69, 9.17) is 0 Å². The lowest BCUT2D eigenvalue weighted by atomic mass is 10.1. The Kier molecular flexibility index (Phi) is 5.35. The summed E-state index contributed by atoms with van der Waals surface area (Å²) in [5, 5.41) is 4.59. The Balaban J connectivity index is 1.72. The molecule has 0 bridgehead atoms. The zero-order valence-corrected chi connectivity index (χ0v) is 15.2. The number of benzene rings is 3. The highest BCUT2D eigenvalue weighted by Crippen LogP contribution is 2.19. The first-order valence-corrected chi connectivity index (χ1v) is 9.83. The summed E-state index contributed by atoms with van der Waals surface area (Å²) in [5.41, 5.74) is 1.33. The summed E-state index contributed by atoms with van der Waals surface area (Å²) >= 11 is 0. The maximum atomic E-state index is 12.5. The molecule has 134 valence electrons. The normalized spacial score (nSPS) is 11.4. The van der Waals surface area contributed by atoms with Gasteiger partial charge in [0.2, 0.25) is 10.0 Å². The van der Waals surface area contributed by atoms with Crippen LogP contribution in [-0.4, -0.2) is 20.9 Å². The highest BCUT2D eigenvalue weighted by molar-refractivity contribution is 7.89. The van der Waals surface area contributed by atoms with Crippen LogP contribution in [0, 0.1) is 0 Å². The van der Waals surface area contributed by atoms with E-state index in [0.29, 0.717) is 12.1 Å². The van der Waals surface area contributed by atoms with Gasteiger partial charge in [0.15, 0.2) is 0 Å². The van der Waals surface area contributed by atoms with Crippen LogP contribution in [-0.2, 0) is 16.6 Å². The van der Waals surface area contributed by atoms with Crippen LogP contribution < -0.4 is 10.0 Å². The quantitative estimate of drug-likeness (QED) is 0.702. The molecule has 3 aromatic carbocycles. The second-order valence-corrected chi connectivity index (χ2v) is 7.66. The predicted molar refractivity (Wildman–Crippen MR) is 102 cm³/mol. The van der Waals surface area contributed by atoms with Crippen LogP contribution in [0.2, 0.25) is 0 Å². The van der Waals surface area contributed by atoms with E-state index in [9.17, 15) is 13.2 Å². The van der Waals surface area contributed by atoms with Crippen molar-refractivity contribution in [2.75, 3.05) is 6.54 Å². The monoisotopic (exact) mass is 368 g/mol. The Hall–Kier alpha value is -2.70. The van der Waals surface area contributed by atoms with Crippen molar-refractivity contribution in [1.82, 2.24) is 10.0 Å². The van der Waals surface area contributed by atoms with Gasteiger partial charge in [-0.05, 0) is 47.5 Å². The minimum absolute atomic E-state index is 0.143. The van der Waals surface area contributed by atoms with Crippen molar-refractivity contribution in [2.24, 2.45) is 0 Å². The SMILES string of the molecule is CCNC(=O)c1ccc(CNS(=O)(=O)c2ccc3ccccc3c2)cc1. The van der Waals surface area contributed by atoms with Crippen LogP contribution in [0.4, 0.5) is 0 Å². The number of fused-ring (bicyclic) bond motifs is 1. The summed E-state index contributed by atoms with van der Waals surface area (Å²) < 4.78 is 27.7. The fourth-order valence-corrected chi connectivity index (χ4v) is 3.69. The lowest BCUT2D eigenvalue weighted by Gasteiger charge is -2.09. The van der Waals surface area contributed by atoms with Crippen molar-refractivity contribution in [1.29, 1.82) is 0 Å². The van der Waals surface area contributed by atoms with Gasteiger partial charge >= 0.3 is 0 Å². The van der Waals surface area contributed by atoms with Crippen molar-refractivity contribution in [3.8, 4) is 0 Å². The molecule has 0 aromatic heterocycles. The van der Waals surface area contributed by atoms with Crippen molar-refractivity contribution >= 4 is 26.7 Å². The van der Waals surface area contributed by atoms with Crippen molar-refractivity contribution < 1.29 is 13.2 Å². The van der Waals surface area contributed by atoms with E-state index in [1.165, 1.54) is 0 Å². The summed E-state index contributed by atoms with van der Waals surface area (Å²) in [5.74, 6) is -0.143. The largest absolute Gasteiger partial charge is 0.352 e. The molecule has 0 aliphatic rings. The Morgan fingerprint density at radius 2 is 1.62 bits per heavy atom. The van der Waals surface area contributed by atoms with Gasteiger partial charge in [-0.2, -0.15) is 0 Å². The smallest absolute Gasteiger partial charge is 0.251 e. The number of nitrogens with one attached hydrogen (secondary N) is 2. The van der Waals surface area contributed by atoms with Crippen LogP contribution in [0.5, 0.6) is 0 Å². The molecule has 0 atom stereocenters. The molecule has 1 amide bonds. The van der Waals surface area contributed by atoms with Crippen molar-refractivity contribution in [3.05, 3.63) is 77.9 Å². The molecular weight excluding hydrogens is 348 g/mol. The number of rotatable bonds is 6. The van der Waals surface area contributed by atoms with Gasteiger partial charge in [0.1, 0.15) is 0 Å². The highest BCUT2D eigenvalue weighted by atomic mass is 32.2. The van der Waals surface area contributed by atoms with Crippen LogP contribution >= 0.6 is 0 Å². The second kappa shape index (κ2) is 7.68. The van der Waals surface area contributed by atoms with E-state index in [2.05, 4.69) is 10.0 Å². The van der Waals surface area contributed by atoms with Gasteiger partial charge in [-0.3, -0.25) is 4.79 Å². The Bertz CT molecular complexity index is 1030. The van der Waals surface area contributed by atoms with Gasteiger partial charge < -0.3 is 5.32 Å². The maximum Gasteiger partial charge on any atom is 0.251 e.